The summed E-state index contributed by atoms with van der Waals surface area (Å²) < 4.78 is 6.54. The average Bonchev–Trinajstić information content (AvgIpc) is 3.05. The molecule has 0 radical (unpaired) electrons. The van der Waals surface area contributed by atoms with Crippen LogP contribution in [0, 0.1) is 6.92 Å². The molecule has 1 heterocycles. The number of halogens is 1. The van der Waals surface area contributed by atoms with Crippen molar-refractivity contribution in [3.05, 3.63) is 58.6 Å². The lowest BCUT2D eigenvalue weighted by Crippen LogP contribution is -2.22. The van der Waals surface area contributed by atoms with Crippen LogP contribution < -0.4 is 5.32 Å². The van der Waals surface area contributed by atoms with Crippen LogP contribution in [0.4, 0.5) is 5.69 Å². The van der Waals surface area contributed by atoms with Crippen LogP contribution in [0.1, 0.15) is 12.5 Å². The van der Waals surface area contributed by atoms with E-state index in [1.807, 2.05) is 55.5 Å². The number of nitrogens with zero attached hydrogens (tertiary/aromatic N) is 2. The number of carbonyl (C=O) groups is 1. The first-order valence-corrected chi connectivity index (χ1v) is 9.33. The molecule has 0 aliphatic rings. The molecule has 3 rings (SSSR count). The van der Waals surface area contributed by atoms with Gasteiger partial charge in [0.15, 0.2) is 0 Å². The van der Waals surface area contributed by atoms with Crippen molar-refractivity contribution in [2.75, 3.05) is 5.32 Å². The van der Waals surface area contributed by atoms with Gasteiger partial charge in [-0.05, 0) is 54.0 Å². The fraction of sp³-hybridized carbons (Fsp3) is 0.167. The molecular weight excluding hydrogens is 402 g/mol. The van der Waals surface area contributed by atoms with Crippen LogP contribution >= 0.6 is 27.7 Å². The quantitative estimate of drug-likeness (QED) is 0.596. The number of carbonyl (C=O) groups excluding carboxylic acids is 1. The van der Waals surface area contributed by atoms with Gasteiger partial charge in [0, 0.05) is 10.2 Å². The normalized spacial score (nSPS) is 12.0. The summed E-state index contributed by atoms with van der Waals surface area (Å²) in [6.45, 7) is 3.80. The van der Waals surface area contributed by atoms with Crippen LogP contribution in [-0.2, 0) is 4.79 Å². The van der Waals surface area contributed by atoms with Crippen LogP contribution in [-0.4, -0.2) is 21.4 Å². The van der Waals surface area contributed by atoms with Gasteiger partial charge in [-0.2, -0.15) is 0 Å². The van der Waals surface area contributed by atoms with Gasteiger partial charge in [-0.3, -0.25) is 4.79 Å². The molecule has 0 spiro atoms. The largest absolute Gasteiger partial charge is 0.411 e. The Morgan fingerprint density at radius 2 is 1.88 bits per heavy atom. The van der Waals surface area contributed by atoms with Gasteiger partial charge in [-0.1, -0.05) is 41.6 Å². The van der Waals surface area contributed by atoms with Crippen LogP contribution in [0.5, 0.6) is 0 Å². The molecule has 1 amide bonds. The number of aromatic nitrogens is 2. The number of thioether (sulfide) groups is 1. The molecule has 0 unspecified atom stereocenters. The molecule has 0 saturated heterocycles. The molecule has 5 nitrogen and oxygen atoms in total. The topological polar surface area (TPSA) is 68.0 Å². The van der Waals surface area contributed by atoms with E-state index < -0.39 is 0 Å². The minimum Gasteiger partial charge on any atom is -0.411 e. The molecule has 0 bridgehead atoms. The number of rotatable bonds is 5. The zero-order valence-corrected chi connectivity index (χ0v) is 16.1. The van der Waals surface area contributed by atoms with Crippen molar-refractivity contribution in [1.29, 1.82) is 0 Å². The van der Waals surface area contributed by atoms with Crippen molar-refractivity contribution >= 4 is 39.3 Å². The van der Waals surface area contributed by atoms with Crippen molar-refractivity contribution in [2.24, 2.45) is 0 Å². The first-order valence-electron chi connectivity index (χ1n) is 7.65. The van der Waals surface area contributed by atoms with Gasteiger partial charge in [0.25, 0.3) is 5.22 Å². The average molecular weight is 418 g/mol. The second-order valence-corrected chi connectivity index (χ2v) is 7.61. The zero-order valence-electron chi connectivity index (χ0n) is 13.7. The number of amides is 1. The molecule has 0 saturated carbocycles. The van der Waals surface area contributed by atoms with Crippen molar-refractivity contribution in [1.82, 2.24) is 10.2 Å². The third-order valence-corrected chi connectivity index (χ3v) is 5.10. The minimum atomic E-state index is -0.367. The maximum atomic E-state index is 12.3. The molecule has 1 N–H and O–H groups in total. The lowest BCUT2D eigenvalue weighted by atomic mass is 10.2. The van der Waals surface area contributed by atoms with Gasteiger partial charge in [0.2, 0.25) is 11.8 Å². The van der Waals surface area contributed by atoms with Crippen LogP contribution in [0.2, 0.25) is 0 Å². The maximum Gasteiger partial charge on any atom is 0.277 e. The molecule has 128 valence electrons. The summed E-state index contributed by atoms with van der Waals surface area (Å²) in [6.07, 6.45) is 0. The van der Waals surface area contributed by atoms with E-state index in [0.717, 1.165) is 21.3 Å². The van der Waals surface area contributed by atoms with Gasteiger partial charge >= 0.3 is 0 Å². The van der Waals surface area contributed by atoms with E-state index in [9.17, 15) is 4.79 Å². The van der Waals surface area contributed by atoms with Crippen molar-refractivity contribution in [2.45, 2.75) is 24.3 Å². The molecule has 25 heavy (non-hydrogen) atoms. The second kappa shape index (κ2) is 7.84. The molecule has 0 aliphatic carbocycles. The lowest BCUT2D eigenvalue weighted by molar-refractivity contribution is -0.115. The van der Waals surface area contributed by atoms with Gasteiger partial charge in [0.05, 0.1) is 10.8 Å². The Morgan fingerprint density at radius 3 is 2.60 bits per heavy atom. The van der Waals surface area contributed by atoms with Gasteiger partial charge in [0.1, 0.15) is 0 Å². The fourth-order valence-electron chi connectivity index (χ4n) is 2.09. The third-order valence-electron chi connectivity index (χ3n) is 3.48. The summed E-state index contributed by atoms with van der Waals surface area (Å²) in [6, 6.07) is 15.3. The summed E-state index contributed by atoms with van der Waals surface area (Å²) >= 11 is 4.69. The highest BCUT2D eigenvalue weighted by atomic mass is 79.9. The Morgan fingerprint density at radius 1 is 1.16 bits per heavy atom. The van der Waals surface area contributed by atoms with E-state index in [4.69, 9.17) is 4.42 Å². The van der Waals surface area contributed by atoms with Gasteiger partial charge in [-0.15, -0.1) is 10.2 Å². The standard InChI is InChI=1S/C18H16BrN3O2S/c1-11-7-9-13(10-8-11)20-16(23)12(2)25-18-22-21-17(24-18)14-5-3-4-6-15(14)19/h3-10,12H,1-2H3,(H,20,23)/t12-/m0/s1. The smallest absolute Gasteiger partial charge is 0.277 e. The Kier molecular flexibility index (Phi) is 5.55. The number of benzene rings is 2. The van der Waals surface area contributed by atoms with Crippen LogP contribution in [0.25, 0.3) is 11.5 Å². The maximum absolute atomic E-state index is 12.3. The van der Waals surface area contributed by atoms with Crippen LogP contribution in [0.3, 0.4) is 0 Å². The second-order valence-electron chi connectivity index (χ2n) is 5.47. The Labute approximate surface area is 158 Å². The van der Waals surface area contributed by atoms with E-state index in [1.54, 1.807) is 6.92 Å². The molecular formula is C18H16BrN3O2S. The Balaban J connectivity index is 1.65. The third kappa shape index (κ3) is 4.49. The first-order chi connectivity index (χ1) is 12.0. The highest BCUT2D eigenvalue weighted by Gasteiger charge is 2.19. The Hall–Kier alpha value is -2.12. The highest BCUT2D eigenvalue weighted by Crippen LogP contribution is 2.30. The number of nitrogens with one attached hydrogen (secondary N) is 1. The summed E-state index contributed by atoms with van der Waals surface area (Å²) in [4.78, 5) is 12.3. The summed E-state index contributed by atoms with van der Waals surface area (Å²) in [7, 11) is 0. The molecule has 7 heteroatoms. The van der Waals surface area contributed by atoms with Crippen LogP contribution in [0.15, 0.2) is 62.6 Å². The predicted molar refractivity (Wildman–Crippen MR) is 103 cm³/mol. The highest BCUT2D eigenvalue weighted by molar-refractivity contribution is 9.10. The van der Waals surface area contributed by atoms with E-state index in [0.29, 0.717) is 11.1 Å². The van der Waals surface area contributed by atoms with E-state index in [2.05, 4.69) is 31.4 Å². The minimum absolute atomic E-state index is 0.116. The number of aryl methyl sites for hydroxylation is 1. The number of anilines is 1. The molecule has 0 fully saturated rings. The van der Waals surface area contributed by atoms with Gasteiger partial charge in [-0.25, -0.2) is 0 Å². The summed E-state index contributed by atoms with van der Waals surface area (Å²) in [5.41, 5.74) is 2.73. The van der Waals surface area contributed by atoms with Crippen molar-refractivity contribution in [3.8, 4) is 11.5 Å². The molecule has 3 aromatic rings. The van der Waals surface area contributed by atoms with E-state index >= 15 is 0 Å². The van der Waals surface area contributed by atoms with E-state index in [1.165, 1.54) is 11.8 Å². The lowest BCUT2D eigenvalue weighted by Gasteiger charge is -2.10. The molecule has 1 aromatic heterocycles. The van der Waals surface area contributed by atoms with Crippen molar-refractivity contribution < 1.29 is 9.21 Å². The zero-order chi connectivity index (χ0) is 17.8. The molecule has 1 atom stereocenters. The van der Waals surface area contributed by atoms with Crippen molar-refractivity contribution in [3.63, 3.8) is 0 Å². The predicted octanol–water partition coefficient (Wildman–Crippen LogP) is 4.93. The van der Waals surface area contributed by atoms with Gasteiger partial charge < -0.3 is 9.73 Å². The SMILES string of the molecule is Cc1ccc(NC(=O)[C@H](C)Sc2nnc(-c3ccccc3Br)o2)cc1. The molecule has 0 aliphatic heterocycles. The monoisotopic (exact) mass is 417 g/mol. The fourth-order valence-corrected chi connectivity index (χ4v) is 3.22. The Bertz CT molecular complexity index is 880. The summed E-state index contributed by atoms with van der Waals surface area (Å²) in [5.74, 6) is 0.301. The first kappa shape index (κ1) is 17.7. The number of hydrogen-bond acceptors (Lipinski definition) is 5. The summed E-state index contributed by atoms with van der Waals surface area (Å²) in [5, 5.41) is 10.9. The van der Waals surface area contributed by atoms with E-state index in [-0.39, 0.29) is 11.2 Å². The molecule has 2 aromatic carbocycles. The number of hydrogen-bond donors (Lipinski definition) is 1.